The average Bonchev–Trinajstić information content (AvgIpc) is 2.01. The number of carbonyl (C=O) groups excluding carboxylic acids is 7. The number of aliphatic hydroxyl groups excluding tert-OH is 2. The Hall–Kier alpha value is -6.45. The highest BCUT2D eigenvalue weighted by Crippen LogP contribution is 2.81. The molecule has 5 N–H and O–H groups in total. The number of carbonyl (C=O) groups is 7. The number of fused-ring (bicyclic) bond motifs is 15. The molecule has 80 heavy (non-hydrogen) atoms. The van der Waals surface area contributed by atoms with Gasteiger partial charge in [-0.25, -0.2) is 9.59 Å². The fourth-order valence-electron chi connectivity index (χ4n) is 18.3. The van der Waals surface area contributed by atoms with E-state index in [-0.39, 0.29) is 77.1 Å². The Kier molecular flexibility index (Phi) is 11.3. The summed E-state index contributed by atoms with van der Waals surface area (Å²) in [5.41, 5.74) is -5.31. The van der Waals surface area contributed by atoms with E-state index in [1.54, 1.807) is 25.1 Å². The van der Waals surface area contributed by atoms with Gasteiger partial charge in [0.1, 0.15) is 35.2 Å². The maximum absolute atomic E-state index is 14.4. The second-order valence-electron chi connectivity index (χ2n) is 25.3. The quantitative estimate of drug-likeness (QED) is 0.0891. The molecule has 20 heteroatoms. The van der Waals surface area contributed by atoms with Gasteiger partial charge in [0.05, 0.1) is 41.4 Å². The van der Waals surface area contributed by atoms with E-state index < -0.39 is 141 Å². The highest BCUT2D eigenvalue weighted by Gasteiger charge is 2.92. The smallest absolute Gasteiger partial charge is 0.341 e. The minimum absolute atomic E-state index is 0.0815. The van der Waals surface area contributed by atoms with Crippen molar-refractivity contribution in [2.45, 2.75) is 142 Å². The van der Waals surface area contributed by atoms with Crippen LogP contribution in [0.4, 0.5) is 0 Å². The van der Waals surface area contributed by atoms with Gasteiger partial charge in [-0.2, -0.15) is 0 Å². The Morgan fingerprint density at radius 1 is 0.738 bits per heavy atom. The molecule has 3 saturated heterocycles. The molecule has 8 fully saturated rings. The lowest BCUT2D eigenvalue weighted by Crippen LogP contribution is -2.74. The Bertz CT molecular complexity index is 3220. The first-order valence-electron chi connectivity index (χ1n) is 27.8. The largest absolute Gasteiger partial charge is 0.462 e. The molecule has 424 valence electrons. The highest BCUT2D eigenvalue weighted by atomic mass is 16.8. The van der Waals surface area contributed by atoms with E-state index >= 15 is 0 Å². The van der Waals surface area contributed by atoms with Crippen molar-refractivity contribution in [3.8, 4) is 23.0 Å². The minimum Gasteiger partial charge on any atom is -0.462 e. The first kappa shape index (κ1) is 52.9. The van der Waals surface area contributed by atoms with Crippen LogP contribution in [0, 0.1) is 69.5 Å². The van der Waals surface area contributed by atoms with E-state index in [0.717, 1.165) is 0 Å². The number of esters is 5. The van der Waals surface area contributed by atoms with Crippen molar-refractivity contribution in [2.75, 3.05) is 6.54 Å². The summed E-state index contributed by atoms with van der Waals surface area (Å²) in [6, 6.07) is 12.9. The molecule has 5 heterocycles. The van der Waals surface area contributed by atoms with Gasteiger partial charge in [0.2, 0.25) is 11.7 Å². The zero-order valence-electron chi connectivity index (χ0n) is 46.0. The maximum atomic E-state index is 14.4. The van der Waals surface area contributed by atoms with E-state index in [1.165, 1.54) is 64.1 Å². The van der Waals surface area contributed by atoms with Gasteiger partial charge in [-0.1, -0.05) is 40.7 Å². The lowest BCUT2D eigenvalue weighted by molar-refractivity contribution is -0.259. The monoisotopic (exact) mass is 1100 g/mol. The second kappa shape index (κ2) is 17.1. The van der Waals surface area contributed by atoms with E-state index in [0.29, 0.717) is 23.1 Å². The van der Waals surface area contributed by atoms with Gasteiger partial charge in [0.15, 0.2) is 11.2 Å². The molecule has 0 radical (unpaired) electrons. The van der Waals surface area contributed by atoms with E-state index in [2.05, 4.69) is 31.4 Å². The molecular formula is C60H66N2O18. The molecule has 0 aromatic heterocycles. The van der Waals surface area contributed by atoms with Crippen LogP contribution in [0.25, 0.3) is 0 Å². The number of hydrogen-bond acceptors (Lipinski definition) is 18. The Morgan fingerprint density at radius 2 is 1.38 bits per heavy atom. The predicted molar refractivity (Wildman–Crippen MR) is 274 cm³/mol. The topological polar surface area (TPSA) is 285 Å². The highest BCUT2D eigenvalue weighted by molar-refractivity contribution is 6.02. The fourth-order valence-corrected chi connectivity index (χ4v) is 18.3. The van der Waals surface area contributed by atoms with Crippen LogP contribution in [0.1, 0.15) is 119 Å². The van der Waals surface area contributed by atoms with Crippen LogP contribution >= 0.6 is 0 Å². The van der Waals surface area contributed by atoms with Gasteiger partial charge >= 0.3 is 29.8 Å². The van der Waals surface area contributed by atoms with Gasteiger partial charge < -0.3 is 63.8 Å². The maximum Gasteiger partial charge on any atom is 0.341 e. The molecule has 5 aliphatic heterocycles. The molecule has 2 spiro atoms. The summed E-state index contributed by atoms with van der Waals surface area (Å²) >= 11 is 0. The van der Waals surface area contributed by atoms with Crippen molar-refractivity contribution in [3.05, 3.63) is 82.4 Å². The van der Waals surface area contributed by atoms with Crippen molar-refractivity contribution in [2.24, 2.45) is 69.5 Å². The molecule has 2 amide bonds. The van der Waals surface area contributed by atoms with Crippen LogP contribution in [0.5, 0.6) is 23.0 Å². The summed E-state index contributed by atoms with van der Waals surface area (Å²) < 4.78 is 48.3. The number of amides is 2. The van der Waals surface area contributed by atoms with Crippen molar-refractivity contribution in [3.63, 3.8) is 0 Å². The molecule has 13 rings (SSSR count). The van der Waals surface area contributed by atoms with E-state index in [9.17, 15) is 48.9 Å². The molecular weight excluding hydrogens is 1040 g/mol. The fraction of sp³-hybridized carbons (Fsp3) is 0.583. The van der Waals surface area contributed by atoms with Crippen molar-refractivity contribution >= 4 is 41.7 Å². The predicted octanol–water partition coefficient (Wildman–Crippen LogP) is 4.62. The molecule has 21 atom stereocenters. The van der Waals surface area contributed by atoms with E-state index in [1.807, 2.05) is 13.8 Å². The summed E-state index contributed by atoms with van der Waals surface area (Å²) in [4.78, 5) is 93.2. The molecule has 5 aliphatic carbocycles. The average molecular weight is 1100 g/mol. The summed E-state index contributed by atoms with van der Waals surface area (Å²) in [5, 5.41) is 44.7. The minimum atomic E-state index is -2.04. The molecule has 0 bridgehead atoms. The lowest BCUT2D eigenvalue weighted by Gasteiger charge is -2.68. The standard InChI is InChI=1S/C60H66N2O18/c1-23-42-45(57(9)58(10,72)54(71)80-60(57)51(23)78-60)48(68)43-41-44(50(75-28(6)65)25(3)56(42,43)8)55(7)24(2)49-39(77-49)22-36(55)46(47(41)67)62-40(66)17-18-61-52(69)29-11-14-33-32(19-29)53(70)79-59(33)34-15-12-30(73-26(4)63)20-37(34)76-38-21-31(74-27(5)64)13-16-35(38)59/h11-16,19-21,23-25,36,39,41-51,67-68,72H,17-18,22H2,1-10H3,(H,61,69)(H,62,66)/t23-,24-,25-,36+,39-,41-,42-,43+,44+,45?,46-,47+,48+,49+,50+,51?,55-,56+,57-,58+,60-/m0/s1. The number of hydrogen-bond donors (Lipinski definition) is 5. The molecule has 10 aliphatic rings. The van der Waals surface area contributed by atoms with Crippen LogP contribution in [0.2, 0.25) is 0 Å². The first-order valence-corrected chi connectivity index (χ1v) is 27.8. The normalized spacial score (nSPS) is 42.7. The molecule has 5 saturated carbocycles. The number of rotatable bonds is 8. The molecule has 3 aromatic rings. The number of nitrogens with one attached hydrogen (secondary N) is 2. The summed E-state index contributed by atoms with van der Waals surface area (Å²) in [6.45, 7) is 17.3. The lowest BCUT2D eigenvalue weighted by atomic mass is 9.38. The number of epoxide rings is 2. The van der Waals surface area contributed by atoms with Crippen LogP contribution in [0.15, 0.2) is 54.6 Å². The first-order chi connectivity index (χ1) is 37.7. The third-order valence-corrected chi connectivity index (χ3v) is 22.0. The van der Waals surface area contributed by atoms with Crippen LogP contribution < -0.4 is 24.8 Å². The van der Waals surface area contributed by atoms with Gasteiger partial charge in [-0.3, -0.25) is 24.0 Å². The van der Waals surface area contributed by atoms with E-state index in [4.69, 9.17) is 37.9 Å². The Balaban J connectivity index is 0.783. The van der Waals surface area contributed by atoms with Gasteiger partial charge in [-0.15, -0.1) is 0 Å². The Morgan fingerprint density at radius 3 is 2.00 bits per heavy atom. The van der Waals surface area contributed by atoms with Crippen molar-refractivity contribution in [1.29, 1.82) is 0 Å². The third-order valence-electron chi connectivity index (χ3n) is 22.0. The Labute approximate surface area is 460 Å². The van der Waals surface area contributed by atoms with Crippen LogP contribution in [-0.2, 0) is 53.3 Å². The number of ether oxygens (including phenoxy) is 8. The van der Waals surface area contributed by atoms with Crippen molar-refractivity contribution < 1.29 is 86.8 Å². The van der Waals surface area contributed by atoms with Gasteiger partial charge in [0, 0.05) is 80.0 Å². The zero-order valence-corrected chi connectivity index (χ0v) is 46.0. The molecule has 20 nitrogen and oxygen atoms in total. The second-order valence-corrected chi connectivity index (χ2v) is 25.3. The third kappa shape index (κ3) is 6.64. The summed E-state index contributed by atoms with van der Waals surface area (Å²) in [7, 11) is 0. The van der Waals surface area contributed by atoms with Crippen molar-refractivity contribution in [1.82, 2.24) is 10.6 Å². The number of benzene rings is 3. The summed E-state index contributed by atoms with van der Waals surface area (Å²) in [6.07, 6.45) is -3.76. The molecule has 2 unspecified atom stereocenters. The zero-order chi connectivity index (χ0) is 57.0. The van der Waals surface area contributed by atoms with Gasteiger partial charge in [-0.05, 0) is 109 Å². The summed E-state index contributed by atoms with van der Waals surface area (Å²) in [5.74, 6) is -9.35. The number of aliphatic hydroxyl groups is 3. The van der Waals surface area contributed by atoms with Crippen LogP contribution in [0.3, 0.4) is 0 Å². The van der Waals surface area contributed by atoms with Gasteiger partial charge in [0.25, 0.3) is 5.91 Å². The molecule has 3 aromatic carbocycles. The SMILES string of the molecule is CC(=O)Oc1ccc2c(c1)Oc1cc(OC(C)=O)ccc1C21OC(=O)c2cc(C(=O)NCCC(=O)N[C@@H]3[C@H](O)[C@H]4[C@@H]5[C@@H](O)C6[C@H]([C@H](C)C7O[C@]78OC(=O)[C@@](C)(O)[C@]68C)[C@@]5(C)[C@@H](C)[C@@H](OC(C)=O)[C@@H]4[C@]4(C)[C@@H]3C[C@@H]3O[C@@H]3[C@@H]4C)ccc21. The van der Waals surface area contributed by atoms with Crippen LogP contribution in [-0.4, -0.2) is 118 Å².